The zero-order valence-corrected chi connectivity index (χ0v) is 17.5. The summed E-state index contributed by atoms with van der Waals surface area (Å²) in [4.78, 5) is 14.9. The Labute approximate surface area is 187 Å². The predicted octanol–water partition coefficient (Wildman–Crippen LogP) is 0.490. The fourth-order valence-electron chi connectivity index (χ4n) is 5.01. The van der Waals surface area contributed by atoms with E-state index in [1.165, 1.54) is 4.90 Å². The molecule has 0 spiro atoms. The van der Waals surface area contributed by atoms with Crippen LogP contribution in [0.4, 0.5) is 5.69 Å². The third kappa shape index (κ3) is 2.63. The number of carbonyl (C=O) groups is 1. The molecule has 172 valence electrons. The van der Waals surface area contributed by atoms with Gasteiger partial charge in [-0.05, 0) is 23.6 Å². The van der Waals surface area contributed by atoms with E-state index in [2.05, 4.69) is 0 Å². The molecule has 0 aliphatic carbocycles. The number of hydrogen-bond acceptors (Lipinski definition) is 9. The Morgan fingerprint density at radius 2 is 1.88 bits per heavy atom. The summed E-state index contributed by atoms with van der Waals surface area (Å²) < 4.78 is 22.6. The number of methoxy groups -OCH3 is 1. The van der Waals surface area contributed by atoms with Gasteiger partial charge in [-0.15, -0.1) is 0 Å². The number of ether oxygens (including phenoxy) is 4. The lowest BCUT2D eigenvalue weighted by Crippen LogP contribution is -2.63. The normalized spacial score (nSPS) is 28.2. The van der Waals surface area contributed by atoms with Gasteiger partial charge in [0.05, 0.1) is 25.0 Å². The Hall–Kier alpha value is -3.15. The predicted molar refractivity (Wildman–Crippen MR) is 115 cm³/mol. The largest absolute Gasteiger partial charge is 0.496 e. The molecule has 1 amide bonds. The molecule has 0 aromatic heterocycles. The number of carbonyl (C=O) groups excluding carboxylic acids is 1. The fraction of sp³-hybridized carbons (Fsp3) is 0.348. The maximum atomic E-state index is 13.6. The zero-order valence-electron chi connectivity index (χ0n) is 17.5. The molecule has 0 saturated carbocycles. The van der Waals surface area contributed by atoms with Gasteiger partial charge in [-0.3, -0.25) is 9.69 Å². The summed E-state index contributed by atoms with van der Waals surface area (Å²) in [5.41, 5.74) is 0.746. The van der Waals surface area contributed by atoms with Crippen molar-refractivity contribution >= 4 is 33.1 Å². The SMILES string of the molecule is COc1cccc2c1cc1c3c(cc4c(c32)OCO4)C(=O)N1[C@@H]1O[C@H](CO)[C@@H](O)[C@H](O)[C@H]1O. The van der Waals surface area contributed by atoms with Gasteiger partial charge in [0.2, 0.25) is 6.79 Å². The number of aliphatic hydroxyl groups excluding tert-OH is 4. The Kier molecular flexibility index (Phi) is 4.45. The summed E-state index contributed by atoms with van der Waals surface area (Å²) in [6, 6.07) is 8.87. The van der Waals surface area contributed by atoms with Crippen LogP contribution in [-0.2, 0) is 4.74 Å². The van der Waals surface area contributed by atoms with Crippen LogP contribution in [0.15, 0.2) is 30.3 Å². The molecule has 1 saturated heterocycles. The van der Waals surface area contributed by atoms with E-state index in [0.717, 1.165) is 5.39 Å². The molecule has 4 N–H and O–H groups in total. The number of hydrogen-bond donors (Lipinski definition) is 4. The Morgan fingerprint density at radius 1 is 1.06 bits per heavy atom. The number of aliphatic hydroxyl groups is 4. The highest BCUT2D eigenvalue weighted by Gasteiger charge is 2.50. The van der Waals surface area contributed by atoms with Crippen LogP contribution in [0.25, 0.3) is 21.5 Å². The number of nitrogens with zero attached hydrogens (tertiary/aromatic N) is 1. The highest BCUT2D eigenvalue weighted by Crippen LogP contribution is 2.52. The van der Waals surface area contributed by atoms with Crippen molar-refractivity contribution in [2.45, 2.75) is 30.6 Å². The first-order valence-corrected chi connectivity index (χ1v) is 10.5. The number of benzene rings is 3. The maximum Gasteiger partial charge on any atom is 0.261 e. The van der Waals surface area contributed by atoms with E-state index in [0.29, 0.717) is 44.7 Å². The third-order valence-electron chi connectivity index (χ3n) is 6.59. The summed E-state index contributed by atoms with van der Waals surface area (Å²) in [6.45, 7) is -0.582. The first-order valence-electron chi connectivity index (χ1n) is 10.5. The van der Waals surface area contributed by atoms with Crippen LogP contribution >= 0.6 is 0 Å². The van der Waals surface area contributed by atoms with Gasteiger partial charge in [-0.25, -0.2) is 0 Å². The second kappa shape index (κ2) is 7.17. The van der Waals surface area contributed by atoms with E-state index in [9.17, 15) is 25.2 Å². The van der Waals surface area contributed by atoms with Crippen molar-refractivity contribution in [1.29, 1.82) is 0 Å². The molecule has 10 heteroatoms. The summed E-state index contributed by atoms with van der Waals surface area (Å²) >= 11 is 0. The molecule has 10 nitrogen and oxygen atoms in total. The van der Waals surface area contributed by atoms with Crippen LogP contribution < -0.4 is 19.1 Å². The lowest BCUT2D eigenvalue weighted by molar-refractivity contribution is -0.226. The average Bonchev–Trinajstić information content (AvgIpc) is 3.41. The van der Waals surface area contributed by atoms with Crippen LogP contribution in [0.1, 0.15) is 10.4 Å². The first kappa shape index (κ1) is 20.5. The van der Waals surface area contributed by atoms with Crippen LogP contribution in [0.3, 0.4) is 0 Å². The molecular weight excluding hydrogens is 434 g/mol. The summed E-state index contributed by atoms with van der Waals surface area (Å²) in [5.74, 6) is 1.00. The Morgan fingerprint density at radius 3 is 2.64 bits per heavy atom. The Bertz CT molecular complexity index is 1310. The molecule has 3 aromatic rings. The van der Waals surface area contributed by atoms with Crippen molar-refractivity contribution in [2.75, 3.05) is 25.4 Å². The summed E-state index contributed by atoms with van der Waals surface area (Å²) in [5, 5.41) is 43.6. The number of amides is 1. The number of anilines is 1. The summed E-state index contributed by atoms with van der Waals surface area (Å²) in [6.07, 6.45) is -7.30. The smallest absolute Gasteiger partial charge is 0.261 e. The molecule has 3 heterocycles. The molecule has 6 rings (SSSR count). The third-order valence-corrected chi connectivity index (χ3v) is 6.59. The minimum absolute atomic E-state index is 0.0220. The minimum atomic E-state index is -1.63. The quantitative estimate of drug-likeness (QED) is 0.416. The fourth-order valence-corrected chi connectivity index (χ4v) is 5.01. The van der Waals surface area contributed by atoms with Crippen LogP contribution in [0.5, 0.6) is 17.2 Å². The molecule has 5 atom stereocenters. The van der Waals surface area contributed by atoms with Crippen molar-refractivity contribution in [3.8, 4) is 17.2 Å². The molecule has 0 bridgehead atoms. The van der Waals surface area contributed by atoms with Gasteiger partial charge in [-0.1, -0.05) is 12.1 Å². The zero-order chi connectivity index (χ0) is 23.0. The maximum absolute atomic E-state index is 13.6. The van der Waals surface area contributed by atoms with Crippen molar-refractivity contribution < 1.29 is 44.2 Å². The van der Waals surface area contributed by atoms with Gasteiger partial charge in [0.25, 0.3) is 5.91 Å². The molecule has 3 aromatic carbocycles. The molecule has 0 radical (unpaired) electrons. The lowest BCUT2D eigenvalue weighted by Gasteiger charge is -2.43. The molecule has 1 fully saturated rings. The van der Waals surface area contributed by atoms with E-state index in [1.807, 2.05) is 12.1 Å². The van der Waals surface area contributed by atoms with E-state index >= 15 is 0 Å². The van der Waals surface area contributed by atoms with Gasteiger partial charge in [0, 0.05) is 16.2 Å². The number of rotatable bonds is 3. The molecule has 33 heavy (non-hydrogen) atoms. The highest BCUT2D eigenvalue weighted by atomic mass is 16.7. The van der Waals surface area contributed by atoms with Gasteiger partial charge in [0.1, 0.15) is 30.2 Å². The standard InChI is InChI=1S/C23H21NO9/c1-30-13-4-2-3-9-10(13)5-12-16-11(6-14-21(17(9)16)32-8-31-14)22(29)24(12)23-20(28)19(27)18(26)15(7-25)33-23/h2-6,15,18-20,23,25-28H,7-8H2,1H3/t15-,18-,19+,20-,23-/m1/s1. The van der Waals surface area contributed by atoms with Crippen molar-refractivity contribution in [2.24, 2.45) is 0 Å². The molecule has 3 aliphatic heterocycles. The van der Waals surface area contributed by atoms with Crippen molar-refractivity contribution in [3.63, 3.8) is 0 Å². The van der Waals surface area contributed by atoms with Crippen LogP contribution in [0, 0.1) is 0 Å². The second-order valence-corrected chi connectivity index (χ2v) is 8.25. The first-order chi connectivity index (χ1) is 16.0. The van der Waals surface area contributed by atoms with E-state index in [1.54, 1.807) is 25.3 Å². The van der Waals surface area contributed by atoms with Crippen molar-refractivity contribution in [3.05, 3.63) is 35.9 Å². The van der Waals surface area contributed by atoms with Gasteiger partial charge < -0.3 is 39.4 Å². The van der Waals surface area contributed by atoms with Gasteiger partial charge in [0.15, 0.2) is 17.7 Å². The molecule has 0 unspecified atom stereocenters. The highest BCUT2D eigenvalue weighted by molar-refractivity contribution is 6.32. The minimum Gasteiger partial charge on any atom is -0.496 e. The van der Waals surface area contributed by atoms with E-state index in [-0.39, 0.29) is 6.79 Å². The van der Waals surface area contributed by atoms with Crippen LogP contribution in [-0.4, -0.2) is 77.5 Å². The monoisotopic (exact) mass is 455 g/mol. The van der Waals surface area contributed by atoms with Crippen LogP contribution in [0.2, 0.25) is 0 Å². The lowest BCUT2D eigenvalue weighted by atomic mass is 9.96. The van der Waals surface area contributed by atoms with Gasteiger partial charge in [-0.2, -0.15) is 0 Å². The number of fused-ring (bicyclic) bond motifs is 4. The molecule has 3 aliphatic rings. The molecular formula is C23H21NO9. The summed E-state index contributed by atoms with van der Waals surface area (Å²) in [7, 11) is 1.54. The van der Waals surface area contributed by atoms with Gasteiger partial charge >= 0.3 is 0 Å². The van der Waals surface area contributed by atoms with E-state index in [4.69, 9.17) is 18.9 Å². The topological polar surface area (TPSA) is 138 Å². The van der Waals surface area contributed by atoms with E-state index < -0.39 is 43.2 Å². The second-order valence-electron chi connectivity index (χ2n) is 8.25. The average molecular weight is 455 g/mol. The van der Waals surface area contributed by atoms with Crippen molar-refractivity contribution in [1.82, 2.24) is 0 Å². The Balaban J connectivity index is 1.64.